The molecule has 1 aromatic carbocycles. The van der Waals surface area contributed by atoms with Gasteiger partial charge in [-0.15, -0.1) is 0 Å². The number of carbonyl (C=O) groups excluding carboxylic acids is 1. The molecule has 1 aromatic rings. The first-order valence-electron chi connectivity index (χ1n) is 6.48. The lowest BCUT2D eigenvalue weighted by Crippen LogP contribution is -2.43. The fourth-order valence-corrected chi connectivity index (χ4v) is 2.70. The van der Waals surface area contributed by atoms with E-state index in [4.69, 9.17) is 4.74 Å². The summed E-state index contributed by atoms with van der Waals surface area (Å²) in [4.78, 5) is 14.0. The van der Waals surface area contributed by atoms with Crippen LogP contribution in [0.5, 0.6) is 0 Å². The highest BCUT2D eigenvalue weighted by atomic mass is 79.9. The maximum absolute atomic E-state index is 13.9. The number of amides is 1. The Hall–Kier alpha value is -0.940. The zero-order valence-electron chi connectivity index (χ0n) is 10.9. The number of hydrogen-bond donors (Lipinski definition) is 0. The van der Waals surface area contributed by atoms with Crippen LogP contribution in [-0.4, -0.2) is 36.6 Å². The number of ether oxygens (including phenoxy) is 1. The van der Waals surface area contributed by atoms with E-state index in [9.17, 15) is 9.18 Å². The number of hydrogen-bond acceptors (Lipinski definition) is 2. The summed E-state index contributed by atoms with van der Waals surface area (Å²) in [7, 11) is 0. The molecule has 1 heterocycles. The number of likely N-dealkylation sites (tertiary alicyclic amines) is 1. The van der Waals surface area contributed by atoms with Crippen LogP contribution in [0.3, 0.4) is 0 Å². The van der Waals surface area contributed by atoms with Crippen molar-refractivity contribution in [3.63, 3.8) is 0 Å². The Morgan fingerprint density at radius 2 is 2.37 bits per heavy atom. The molecule has 1 unspecified atom stereocenters. The normalized spacial score (nSPS) is 19.5. The highest BCUT2D eigenvalue weighted by molar-refractivity contribution is 9.10. The summed E-state index contributed by atoms with van der Waals surface area (Å²) in [6.07, 6.45) is 1.92. The van der Waals surface area contributed by atoms with E-state index in [-0.39, 0.29) is 17.6 Å². The van der Waals surface area contributed by atoms with Crippen molar-refractivity contribution in [1.29, 1.82) is 0 Å². The monoisotopic (exact) mass is 329 g/mol. The molecule has 1 fully saturated rings. The summed E-state index contributed by atoms with van der Waals surface area (Å²) >= 11 is 3.10. The lowest BCUT2D eigenvalue weighted by molar-refractivity contribution is 0.00707. The van der Waals surface area contributed by atoms with E-state index in [1.54, 1.807) is 17.0 Å². The molecule has 0 spiro atoms. The summed E-state index contributed by atoms with van der Waals surface area (Å²) in [6, 6.07) is 4.78. The zero-order valence-corrected chi connectivity index (χ0v) is 12.5. The molecule has 5 heteroatoms. The van der Waals surface area contributed by atoms with Gasteiger partial charge in [-0.1, -0.05) is 6.07 Å². The molecule has 2 rings (SSSR count). The van der Waals surface area contributed by atoms with Crippen LogP contribution in [0.1, 0.15) is 30.1 Å². The Morgan fingerprint density at radius 3 is 3.11 bits per heavy atom. The van der Waals surface area contributed by atoms with Crippen LogP contribution in [-0.2, 0) is 4.74 Å². The van der Waals surface area contributed by atoms with Gasteiger partial charge in [0.1, 0.15) is 5.82 Å². The number of halogens is 2. The first-order valence-corrected chi connectivity index (χ1v) is 7.27. The second kappa shape index (κ2) is 6.48. The topological polar surface area (TPSA) is 29.5 Å². The predicted molar refractivity (Wildman–Crippen MR) is 74.7 cm³/mol. The van der Waals surface area contributed by atoms with Crippen molar-refractivity contribution in [2.24, 2.45) is 0 Å². The molecule has 1 aliphatic rings. The molecule has 104 valence electrons. The molecule has 0 bridgehead atoms. The van der Waals surface area contributed by atoms with Crippen molar-refractivity contribution in [1.82, 2.24) is 4.90 Å². The van der Waals surface area contributed by atoms with Crippen molar-refractivity contribution >= 4 is 21.8 Å². The number of benzene rings is 1. The van der Waals surface area contributed by atoms with Gasteiger partial charge in [-0.05, 0) is 47.8 Å². The van der Waals surface area contributed by atoms with Crippen LogP contribution in [0, 0.1) is 5.82 Å². The second-order valence-corrected chi connectivity index (χ2v) is 5.43. The van der Waals surface area contributed by atoms with Gasteiger partial charge in [0.05, 0.1) is 16.1 Å². The fraction of sp³-hybridized carbons (Fsp3) is 0.500. The van der Waals surface area contributed by atoms with Crippen LogP contribution in [0.2, 0.25) is 0 Å². The van der Waals surface area contributed by atoms with Gasteiger partial charge in [0.15, 0.2) is 0 Å². The second-order valence-electron chi connectivity index (χ2n) is 4.57. The van der Waals surface area contributed by atoms with E-state index >= 15 is 0 Å². The molecular formula is C14H17BrFNO2. The van der Waals surface area contributed by atoms with Gasteiger partial charge in [0.25, 0.3) is 5.91 Å². The van der Waals surface area contributed by atoms with E-state index in [1.165, 1.54) is 6.07 Å². The van der Waals surface area contributed by atoms with Gasteiger partial charge in [-0.25, -0.2) is 4.39 Å². The van der Waals surface area contributed by atoms with Gasteiger partial charge < -0.3 is 9.64 Å². The lowest BCUT2D eigenvalue weighted by atomic mass is 10.1. The molecular weight excluding hydrogens is 313 g/mol. The standard InChI is InChI=1S/C14H17BrFNO2/c1-2-19-10-5-4-8-17(9-10)14(18)11-6-3-7-12(15)13(11)16/h3,6-7,10H,2,4-5,8-9H2,1H3. The highest BCUT2D eigenvalue weighted by Crippen LogP contribution is 2.22. The van der Waals surface area contributed by atoms with Crippen molar-refractivity contribution in [3.8, 4) is 0 Å². The van der Waals surface area contributed by atoms with Crippen LogP contribution >= 0.6 is 15.9 Å². The van der Waals surface area contributed by atoms with Crippen LogP contribution < -0.4 is 0 Å². The molecule has 1 saturated heterocycles. The number of carbonyl (C=O) groups is 1. The summed E-state index contributed by atoms with van der Waals surface area (Å²) in [5.41, 5.74) is 0.117. The minimum atomic E-state index is -0.494. The van der Waals surface area contributed by atoms with E-state index in [2.05, 4.69) is 15.9 Å². The predicted octanol–water partition coefficient (Wildman–Crippen LogP) is 3.23. The molecule has 1 aliphatic heterocycles. The Kier molecular flexibility index (Phi) is 4.93. The van der Waals surface area contributed by atoms with Gasteiger partial charge in [0, 0.05) is 19.7 Å². The Labute approximate surface area is 120 Å². The molecule has 3 nitrogen and oxygen atoms in total. The molecule has 0 N–H and O–H groups in total. The first kappa shape index (κ1) is 14.5. The minimum Gasteiger partial charge on any atom is -0.377 e. The maximum atomic E-state index is 13.9. The van der Waals surface area contributed by atoms with E-state index < -0.39 is 5.82 Å². The molecule has 1 atom stereocenters. The third-order valence-electron chi connectivity index (χ3n) is 3.25. The van der Waals surface area contributed by atoms with Gasteiger partial charge >= 0.3 is 0 Å². The van der Waals surface area contributed by atoms with Crippen molar-refractivity contribution in [2.45, 2.75) is 25.9 Å². The number of rotatable bonds is 3. The third kappa shape index (κ3) is 3.34. The SMILES string of the molecule is CCOC1CCCN(C(=O)c2cccc(Br)c2F)C1. The summed E-state index contributed by atoms with van der Waals surface area (Å²) < 4.78 is 19.8. The van der Waals surface area contributed by atoms with E-state index in [0.29, 0.717) is 24.2 Å². The number of nitrogens with zero attached hydrogens (tertiary/aromatic N) is 1. The van der Waals surface area contributed by atoms with Crippen molar-refractivity contribution < 1.29 is 13.9 Å². The van der Waals surface area contributed by atoms with Crippen LogP contribution in [0.4, 0.5) is 4.39 Å². The number of piperidine rings is 1. The molecule has 0 radical (unpaired) electrons. The Bertz CT molecular complexity index is 465. The van der Waals surface area contributed by atoms with Gasteiger partial charge in [0.2, 0.25) is 0 Å². The summed E-state index contributed by atoms with van der Waals surface area (Å²) in [5.74, 6) is -0.755. The zero-order chi connectivity index (χ0) is 13.8. The highest BCUT2D eigenvalue weighted by Gasteiger charge is 2.26. The fourth-order valence-electron chi connectivity index (χ4n) is 2.33. The van der Waals surface area contributed by atoms with Crippen LogP contribution in [0.15, 0.2) is 22.7 Å². The Morgan fingerprint density at radius 1 is 1.58 bits per heavy atom. The average Bonchev–Trinajstić information content (AvgIpc) is 2.42. The van der Waals surface area contributed by atoms with E-state index in [0.717, 1.165) is 12.8 Å². The Balaban J connectivity index is 2.12. The average molecular weight is 330 g/mol. The van der Waals surface area contributed by atoms with Crippen LogP contribution in [0.25, 0.3) is 0 Å². The molecule has 0 aromatic heterocycles. The van der Waals surface area contributed by atoms with Crippen molar-refractivity contribution in [3.05, 3.63) is 34.1 Å². The molecule has 1 amide bonds. The molecule has 0 saturated carbocycles. The van der Waals surface area contributed by atoms with Gasteiger partial charge in [-0.2, -0.15) is 0 Å². The molecule has 19 heavy (non-hydrogen) atoms. The molecule has 0 aliphatic carbocycles. The quantitative estimate of drug-likeness (QED) is 0.852. The smallest absolute Gasteiger partial charge is 0.256 e. The van der Waals surface area contributed by atoms with Crippen molar-refractivity contribution in [2.75, 3.05) is 19.7 Å². The summed E-state index contributed by atoms with van der Waals surface area (Å²) in [5, 5.41) is 0. The largest absolute Gasteiger partial charge is 0.377 e. The summed E-state index contributed by atoms with van der Waals surface area (Å²) in [6.45, 7) is 3.78. The minimum absolute atomic E-state index is 0.0675. The lowest BCUT2D eigenvalue weighted by Gasteiger charge is -2.32. The van der Waals surface area contributed by atoms with E-state index in [1.807, 2.05) is 6.92 Å². The van der Waals surface area contributed by atoms with Gasteiger partial charge in [-0.3, -0.25) is 4.79 Å². The maximum Gasteiger partial charge on any atom is 0.256 e. The third-order valence-corrected chi connectivity index (χ3v) is 3.86. The first-order chi connectivity index (χ1) is 9.13.